The average molecular weight is 310 g/mol. The molecule has 6 heteroatoms. The van der Waals surface area contributed by atoms with E-state index in [9.17, 15) is 15.4 Å². The molecule has 0 saturated heterocycles. The Morgan fingerprint density at radius 1 is 1.17 bits per heavy atom. The molecule has 23 heavy (non-hydrogen) atoms. The van der Waals surface area contributed by atoms with Gasteiger partial charge in [-0.15, -0.1) is 0 Å². The minimum atomic E-state index is -0.491. The van der Waals surface area contributed by atoms with Crippen LogP contribution in [0.15, 0.2) is 42.5 Å². The normalized spacial score (nSPS) is 10.7. The molecule has 0 aliphatic rings. The molecule has 0 unspecified atom stereocenters. The standard InChI is InChI=1S/C17H14N2O4/c1-22-16-7-6-12(9-17(16)23-2)8-14(11-18)13-4-3-5-15(10-13)19(20)21/h3-10H,1-2H3/b14-8-. The summed E-state index contributed by atoms with van der Waals surface area (Å²) in [5.74, 6) is 1.12. The van der Waals surface area contributed by atoms with Gasteiger partial charge in [0, 0.05) is 12.1 Å². The number of rotatable bonds is 5. The van der Waals surface area contributed by atoms with E-state index >= 15 is 0 Å². The third-order valence-corrected chi connectivity index (χ3v) is 3.21. The molecule has 2 rings (SSSR count). The minimum absolute atomic E-state index is 0.0593. The van der Waals surface area contributed by atoms with Crippen molar-refractivity contribution in [3.63, 3.8) is 0 Å². The highest BCUT2D eigenvalue weighted by molar-refractivity contribution is 5.90. The summed E-state index contributed by atoms with van der Waals surface area (Å²) in [6.07, 6.45) is 1.64. The molecule has 0 radical (unpaired) electrons. The fourth-order valence-corrected chi connectivity index (χ4v) is 2.08. The quantitative estimate of drug-likeness (QED) is 0.364. The maximum absolute atomic E-state index is 10.8. The van der Waals surface area contributed by atoms with Gasteiger partial charge in [-0.25, -0.2) is 0 Å². The highest BCUT2D eigenvalue weighted by Crippen LogP contribution is 2.29. The second-order valence-corrected chi connectivity index (χ2v) is 4.59. The van der Waals surface area contributed by atoms with Crippen molar-refractivity contribution < 1.29 is 14.4 Å². The molecular formula is C17H14N2O4. The van der Waals surface area contributed by atoms with Crippen molar-refractivity contribution in [2.24, 2.45) is 0 Å². The van der Waals surface area contributed by atoms with Crippen molar-refractivity contribution >= 4 is 17.3 Å². The lowest BCUT2D eigenvalue weighted by Gasteiger charge is -2.08. The van der Waals surface area contributed by atoms with Crippen molar-refractivity contribution in [2.45, 2.75) is 0 Å². The third-order valence-electron chi connectivity index (χ3n) is 3.21. The van der Waals surface area contributed by atoms with E-state index in [-0.39, 0.29) is 5.69 Å². The Bertz CT molecular complexity index is 806. The van der Waals surface area contributed by atoms with Crippen LogP contribution >= 0.6 is 0 Å². The lowest BCUT2D eigenvalue weighted by molar-refractivity contribution is -0.384. The number of benzene rings is 2. The van der Waals surface area contributed by atoms with Crippen LogP contribution in [0.1, 0.15) is 11.1 Å². The van der Waals surface area contributed by atoms with Gasteiger partial charge >= 0.3 is 0 Å². The summed E-state index contributed by atoms with van der Waals surface area (Å²) in [7, 11) is 3.06. The summed E-state index contributed by atoms with van der Waals surface area (Å²) in [6, 6.07) is 13.3. The fourth-order valence-electron chi connectivity index (χ4n) is 2.08. The zero-order chi connectivity index (χ0) is 16.8. The molecular weight excluding hydrogens is 296 g/mol. The molecule has 2 aromatic carbocycles. The molecule has 0 aliphatic carbocycles. The third kappa shape index (κ3) is 3.66. The van der Waals surface area contributed by atoms with Crippen LogP contribution < -0.4 is 9.47 Å². The number of hydrogen-bond acceptors (Lipinski definition) is 5. The summed E-state index contributed by atoms with van der Waals surface area (Å²) >= 11 is 0. The Morgan fingerprint density at radius 2 is 1.91 bits per heavy atom. The summed E-state index contributed by atoms with van der Waals surface area (Å²) < 4.78 is 10.4. The zero-order valence-corrected chi connectivity index (χ0v) is 12.6. The SMILES string of the molecule is COc1ccc(/C=C(/C#N)c2cccc([N+](=O)[O-])c2)cc1OC. The van der Waals surface area contributed by atoms with E-state index in [4.69, 9.17) is 9.47 Å². The predicted molar refractivity (Wildman–Crippen MR) is 86.1 cm³/mol. The van der Waals surface area contributed by atoms with Gasteiger partial charge in [0.05, 0.1) is 30.8 Å². The first-order valence-electron chi connectivity index (χ1n) is 6.67. The van der Waals surface area contributed by atoms with Crippen molar-refractivity contribution in [3.05, 3.63) is 63.7 Å². The number of nitro benzene ring substituents is 1. The molecule has 116 valence electrons. The van der Waals surface area contributed by atoms with Gasteiger partial charge in [-0.3, -0.25) is 10.1 Å². The minimum Gasteiger partial charge on any atom is -0.493 e. The van der Waals surface area contributed by atoms with E-state index in [0.717, 1.165) is 5.56 Å². The van der Waals surface area contributed by atoms with E-state index in [0.29, 0.717) is 22.6 Å². The van der Waals surface area contributed by atoms with E-state index in [1.54, 1.807) is 36.4 Å². The lowest BCUT2D eigenvalue weighted by Crippen LogP contribution is -1.91. The topological polar surface area (TPSA) is 85.4 Å². The molecule has 0 bridgehead atoms. The molecule has 0 spiro atoms. The first-order chi connectivity index (χ1) is 11.1. The van der Waals surface area contributed by atoms with Crippen molar-refractivity contribution in [3.8, 4) is 17.6 Å². The Labute approximate surface area is 133 Å². The first-order valence-corrected chi connectivity index (χ1v) is 6.67. The Morgan fingerprint density at radius 3 is 2.52 bits per heavy atom. The molecule has 0 saturated carbocycles. The molecule has 6 nitrogen and oxygen atoms in total. The molecule has 0 heterocycles. The van der Waals surface area contributed by atoms with Crippen molar-refractivity contribution in [1.29, 1.82) is 5.26 Å². The van der Waals surface area contributed by atoms with Gasteiger partial charge in [0.2, 0.25) is 0 Å². The van der Waals surface area contributed by atoms with Gasteiger partial charge in [0.1, 0.15) is 0 Å². The molecule has 2 aromatic rings. The van der Waals surface area contributed by atoms with Crippen LogP contribution in [0, 0.1) is 21.4 Å². The summed E-state index contributed by atoms with van der Waals surface area (Å²) in [4.78, 5) is 10.4. The molecule has 0 fully saturated rings. The van der Waals surface area contributed by atoms with E-state index in [1.165, 1.54) is 26.4 Å². The average Bonchev–Trinajstić information content (AvgIpc) is 2.59. The maximum Gasteiger partial charge on any atom is 0.270 e. The number of nitro groups is 1. The highest BCUT2D eigenvalue weighted by Gasteiger charge is 2.10. The number of nitrogens with zero attached hydrogens (tertiary/aromatic N) is 2. The second-order valence-electron chi connectivity index (χ2n) is 4.59. The van der Waals surface area contributed by atoms with E-state index in [1.807, 2.05) is 0 Å². The summed E-state index contributed by atoms with van der Waals surface area (Å²) in [5.41, 5.74) is 1.47. The number of methoxy groups -OCH3 is 2. The maximum atomic E-state index is 10.8. The molecule has 0 N–H and O–H groups in total. The smallest absolute Gasteiger partial charge is 0.270 e. The van der Waals surface area contributed by atoms with Crippen LogP contribution in [-0.2, 0) is 0 Å². The molecule has 0 amide bonds. The number of non-ortho nitro benzene ring substituents is 1. The van der Waals surface area contributed by atoms with E-state index < -0.39 is 4.92 Å². The van der Waals surface area contributed by atoms with Gasteiger partial charge in [0.25, 0.3) is 5.69 Å². The van der Waals surface area contributed by atoms with Gasteiger partial charge in [-0.05, 0) is 29.3 Å². The predicted octanol–water partition coefficient (Wildman–Crippen LogP) is 3.68. The first kappa shape index (κ1) is 16.0. The highest BCUT2D eigenvalue weighted by atomic mass is 16.6. The molecule has 0 aliphatic heterocycles. The lowest BCUT2D eigenvalue weighted by atomic mass is 10.0. The van der Waals surface area contributed by atoms with Gasteiger partial charge in [-0.1, -0.05) is 18.2 Å². The van der Waals surface area contributed by atoms with Crippen LogP contribution in [0.5, 0.6) is 11.5 Å². The van der Waals surface area contributed by atoms with Crippen molar-refractivity contribution in [2.75, 3.05) is 14.2 Å². The van der Waals surface area contributed by atoms with Crippen LogP contribution in [0.25, 0.3) is 11.6 Å². The molecule has 0 atom stereocenters. The van der Waals surface area contributed by atoms with Gasteiger partial charge in [-0.2, -0.15) is 5.26 Å². The Balaban J connectivity index is 2.45. The number of ether oxygens (including phenoxy) is 2. The zero-order valence-electron chi connectivity index (χ0n) is 12.6. The molecule has 0 aromatic heterocycles. The summed E-state index contributed by atoms with van der Waals surface area (Å²) in [6.45, 7) is 0. The van der Waals surface area contributed by atoms with E-state index in [2.05, 4.69) is 6.07 Å². The fraction of sp³-hybridized carbons (Fsp3) is 0.118. The van der Waals surface area contributed by atoms with Gasteiger partial charge < -0.3 is 9.47 Å². The monoisotopic (exact) mass is 310 g/mol. The number of hydrogen-bond donors (Lipinski definition) is 0. The van der Waals surface area contributed by atoms with Crippen LogP contribution in [0.4, 0.5) is 5.69 Å². The number of nitriles is 1. The Hall–Kier alpha value is -3.33. The van der Waals surface area contributed by atoms with Crippen LogP contribution in [0.2, 0.25) is 0 Å². The second kappa shape index (κ2) is 7.09. The van der Waals surface area contributed by atoms with Crippen LogP contribution in [0.3, 0.4) is 0 Å². The van der Waals surface area contributed by atoms with Crippen LogP contribution in [-0.4, -0.2) is 19.1 Å². The van der Waals surface area contributed by atoms with Gasteiger partial charge in [0.15, 0.2) is 11.5 Å². The van der Waals surface area contributed by atoms with Crippen molar-refractivity contribution in [1.82, 2.24) is 0 Å². The Kier molecular flexibility index (Phi) is 4.95. The largest absolute Gasteiger partial charge is 0.493 e. The summed E-state index contributed by atoms with van der Waals surface area (Å²) in [5, 5.41) is 20.2. The number of allylic oxidation sites excluding steroid dienone is 1.